The summed E-state index contributed by atoms with van der Waals surface area (Å²) in [6, 6.07) is 0. The Bertz CT molecular complexity index is 424. The maximum Gasteiger partial charge on any atom is 0.220 e. The molecule has 1 aliphatic heterocycles. The molecule has 0 bridgehead atoms. The van der Waals surface area contributed by atoms with E-state index < -0.39 is 0 Å². The monoisotopic (exact) mass is 384 g/mol. The summed E-state index contributed by atoms with van der Waals surface area (Å²) < 4.78 is 6.16. The molecule has 0 unspecified atom stereocenters. The molecule has 1 amide bonds. The molecule has 0 aromatic heterocycles. The molecule has 2 aliphatic carbocycles. The molecular weight excluding hydrogens is 348 g/mol. The number of nitrogens with zero attached hydrogens (tertiary/aromatic N) is 1. The SMILES string of the molecule is NC(=O)C1CCN(CCOC2CCC(CC3CCC(Cl)CC3)CC2)CC1. The molecule has 150 valence electrons. The topological polar surface area (TPSA) is 55.6 Å². The van der Waals surface area contributed by atoms with Gasteiger partial charge in [0.2, 0.25) is 5.91 Å². The van der Waals surface area contributed by atoms with Crippen LogP contribution in [0.3, 0.4) is 0 Å². The van der Waals surface area contributed by atoms with Gasteiger partial charge in [0.25, 0.3) is 0 Å². The van der Waals surface area contributed by atoms with Crippen molar-refractivity contribution in [2.24, 2.45) is 23.5 Å². The van der Waals surface area contributed by atoms with Crippen LogP contribution in [-0.2, 0) is 9.53 Å². The van der Waals surface area contributed by atoms with Crippen LogP contribution in [0.2, 0.25) is 0 Å². The molecule has 0 radical (unpaired) electrons. The number of halogens is 1. The lowest BCUT2D eigenvalue weighted by atomic mass is 9.77. The molecule has 3 aliphatic rings. The number of rotatable bonds is 7. The third-order valence-electron chi connectivity index (χ3n) is 6.99. The summed E-state index contributed by atoms with van der Waals surface area (Å²) in [5.74, 6) is 1.80. The average Bonchev–Trinajstić information content (AvgIpc) is 2.65. The van der Waals surface area contributed by atoms with E-state index in [-0.39, 0.29) is 11.8 Å². The molecule has 0 spiro atoms. The molecule has 3 fully saturated rings. The number of carbonyl (C=O) groups is 1. The predicted octanol–water partition coefficient (Wildman–Crippen LogP) is 3.95. The number of likely N-dealkylation sites (tertiary alicyclic amines) is 1. The van der Waals surface area contributed by atoms with Crippen LogP contribution in [0, 0.1) is 17.8 Å². The molecule has 0 aromatic rings. The van der Waals surface area contributed by atoms with Crippen molar-refractivity contribution in [2.45, 2.75) is 82.1 Å². The zero-order chi connectivity index (χ0) is 18.4. The molecule has 2 saturated carbocycles. The number of amides is 1. The highest BCUT2D eigenvalue weighted by molar-refractivity contribution is 6.20. The van der Waals surface area contributed by atoms with Crippen molar-refractivity contribution < 1.29 is 9.53 Å². The number of nitrogens with two attached hydrogens (primary N) is 1. The van der Waals surface area contributed by atoms with Gasteiger partial charge in [0.1, 0.15) is 0 Å². The molecule has 1 saturated heterocycles. The minimum Gasteiger partial charge on any atom is -0.377 e. The number of ether oxygens (including phenoxy) is 1. The smallest absolute Gasteiger partial charge is 0.220 e. The van der Waals surface area contributed by atoms with E-state index in [9.17, 15) is 4.79 Å². The number of primary amides is 1. The van der Waals surface area contributed by atoms with Crippen LogP contribution in [0.5, 0.6) is 0 Å². The lowest BCUT2D eigenvalue weighted by molar-refractivity contribution is -0.123. The minimum atomic E-state index is -0.131. The van der Waals surface area contributed by atoms with Gasteiger partial charge < -0.3 is 15.4 Å². The van der Waals surface area contributed by atoms with Crippen molar-refractivity contribution in [3.05, 3.63) is 0 Å². The maximum absolute atomic E-state index is 11.2. The summed E-state index contributed by atoms with van der Waals surface area (Å²) in [6.07, 6.45) is 14.0. The first-order valence-corrected chi connectivity index (χ1v) is 11.3. The highest BCUT2D eigenvalue weighted by atomic mass is 35.5. The highest BCUT2D eigenvalue weighted by Gasteiger charge is 2.27. The standard InChI is InChI=1S/C21H37ClN2O2/c22-19-5-1-16(2-6-19)15-17-3-7-20(8-4-17)26-14-13-24-11-9-18(10-12-24)21(23)25/h16-20H,1-15H2,(H2,23,25). The van der Waals surface area contributed by atoms with Crippen molar-refractivity contribution >= 4 is 17.5 Å². The fraction of sp³-hybridized carbons (Fsp3) is 0.952. The number of hydrogen-bond acceptors (Lipinski definition) is 3. The zero-order valence-corrected chi connectivity index (χ0v) is 17.0. The summed E-state index contributed by atoms with van der Waals surface area (Å²) in [6.45, 7) is 3.78. The van der Waals surface area contributed by atoms with Crippen molar-refractivity contribution in [3.63, 3.8) is 0 Å². The summed E-state index contributed by atoms with van der Waals surface area (Å²) >= 11 is 6.23. The Hall–Kier alpha value is -0.320. The van der Waals surface area contributed by atoms with Gasteiger partial charge in [-0.05, 0) is 95.6 Å². The number of hydrogen-bond donors (Lipinski definition) is 1. The Morgan fingerprint density at radius 3 is 2.08 bits per heavy atom. The van der Waals surface area contributed by atoms with Gasteiger partial charge in [-0.3, -0.25) is 4.79 Å². The van der Waals surface area contributed by atoms with Gasteiger partial charge in [0, 0.05) is 17.8 Å². The number of alkyl halides is 1. The minimum absolute atomic E-state index is 0.0851. The van der Waals surface area contributed by atoms with Crippen LogP contribution in [-0.4, -0.2) is 48.5 Å². The van der Waals surface area contributed by atoms with Crippen LogP contribution < -0.4 is 5.73 Å². The van der Waals surface area contributed by atoms with E-state index in [1.165, 1.54) is 57.8 Å². The van der Waals surface area contributed by atoms with Crippen LogP contribution in [0.4, 0.5) is 0 Å². The Morgan fingerprint density at radius 2 is 1.50 bits per heavy atom. The molecule has 3 rings (SSSR count). The Kier molecular flexibility index (Phi) is 8.08. The van der Waals surface area contributed by atoms with Crippen molar-refractivity contribution in [1.82, 2.24) is 4.90 Å². The first kappa shape index (κ1) is 20.4. The summed E-state index contributed by atoms with van der Waals surface area (Å²) in [7, 11) is 0. The second kappa shape index (κ2) is 10.3. The van der Waals surface area contributed by atoms with E-state index in [1.54, 1.807) is 0 Å². The molecule has 4 nitrogen and oxygen atoms in total. The summed E-state index contributed by atoms with van der Waals surface area (Å²) in [5, 5.41) is 0.442. The first-order valence-electron chi connectivity index (χ1n) is 10.9. The maximum atomic E-state index is 11.2. The van der Waals surface area contributed by atoms with E-state index in [0.717, 1.165) is 50.9 Å². The third-order valence-corrected chi connectivity index (χ3v) is 7.42. The molecule has 1 heterocycles. The van der Waals surface area contributed by atoms with Gasteiger partial charge in [-0.2, -0.15) is 0 Å². The van der Waals surface area contributed by atoms with E-state index in [1.807, 2.05) is 0 Å². The molecule has 2 N–H and O–H groups in total. The van der Waals surface area contributed by atoms with Gasteiger partial charge in [0.15, 0.2) is 0 Å². The van der Waals surface area contributed by atoms with Crippen molar-refractivity contribution in [2.75, 3.05) is 26.2 Å². The number of carbonyl (C=O) groups excluding carboxylic acids is 1. The van der Waals surface area contributed by atoms with Gasteiger partial charge in [-0.1, -0.05) is 0 Å². The fourth-order valence-corrected chi connectivity index (χ4v) is 5.40. The molecule has 5 heteroatoms. The quantitative estimate of drug-likeness (QED) is 0.676. The van der Waals surface area contributed by atoms with E-state index in [2.05, 4.69) is 4.90 Å². The molecule has 26 heavy (non-hydrogen) atoms. The Morgan fingerprint density at radius 1 is 0.923 bits per heavy atom. The van der Waals surface area contributed by atoms with Gasteiger partial charge in [-0.15, -0.1) is 11.6 Å². The summed E-state index contributed by atoms with van der Waals surface area (Å²) in [5.41, 5.74) is 5.40. The zero-order valence-electron chi connectivity index (χ0n) is 16.2. The van der Waals surface area contributed by atoms with Gasteiger partial charge >= 0.3 is 0 Å². The first-order chi connectivity index (χ1) is 12.6. The van der Waals surface area contributed by atoms with Gasteiger partial charge in [0.05, 0.1) is 12.7 Å². The Labute approximate surface area is 164 Å². The van der Waals surface area contributed by atoms with Crippen molar-refractivity contribution in [3.8, 4) is 0 Å². The lowest BCUT2D eigenvalue weighted by Gasteiger charge is -2.34. The number of piperidine rings is 1. The Balaban J connectivity index is 1.24. The summed E-state index contributed by atoms with van der Waals surface area (Å²) in [4.78, 5) is 13.6. The fourth-order valence-electron chi connectivity index (χ4n) is 5.15. The second-order valence-electron chi connectivity index (χ2n) is 8.89. The lowest BCUT2D eigenvalue weighted by Crippen LogP contribution is -2.40. The average molecular weight is 385 g/mol. The van der Waals surface area contributed by atoms with Crippen LogP contribution >= 0.6 is 11.6 Å². The van der Waals surface area contributed by atoms with Crippen molar-refractivity contribution in [1.29, 1.82) is 0 Å². The normalized spacial score (nSPS) is 34.7. The van der Waals surface area contributed by atoms with E-state index >= 15 is 0 Å². The van der Waals surface area contributed by atoms with Gasteiger partial charge in [-0.25, -0.2) is 0 Å². The van der Waals surface area contributed by atoms with E-state index in [4.69, 9.17) is 22.1 Å². The molecular formula is C21H37ClN2O2. The molecule has 0 aromatic carbocycles. The van der Waals surface area contributed by atoms with Crippen LogP contribution in [0.25, 0.3) is 0 Å². The van der Waals surface area contributed by atoms with Crippen LogP contribution in [0.15, 0.2) is 0 Å². The third kappa shape index (κ3) is 6.38. The largest absolute Gasteiger partial charge is 0.377 e. The predicted molar refractivity (Wildman–Crippen MR) is 106 cm³/mol. The molecule has 0 atom stereocenters. The highest BCUT2D eigenvalue weighted by Crippen LogP contribution is 2.37. The van der Waals surface area contributed by atoms with Crippen LogP contribution in [0.1, 0.15) is 70.6 Å². The van der Waals surface area contributed by atoms with E-state index in [0.29, 0.717) is 11.5 Å². The second-order valence-corrected chi connectivity index (χ2v) is 9.50.